The van der Waals surface area contributed by atoms with E-state index in [0.29, 0.717) is 12.2 Å². The zero-order valence-corrected chi connectivity index (χ0v) is 11.5. The summed E-state index contributed by atoms with van der Waals surface area (Å²) in [4.78, 5) is 12.6. The van der Waals surface area contributed by atoms with Crippen LogP contribution in [0.4, 0.5) is 0 Å². The van der Waals surface area contributed by atoms with Gasteiger partial charge in [-0.25, -0.2) is 0 Å². The molecule has 2 heteroatoms. The molecule has 2 nitrogen and oxygen atoms in total. The quantitative estimate of drug-likeness (QED) is 0.883. The van der Waals surface area contributed by atoms with Gasteiger partial charge in [-0.05, 0) is 44.8 Å². The predicted molar refractivity (Wildman–Crippen MR) is 74.7 cm³/mol. The first-order valence-electron chi connectivity index (χ1n) is 6.96. The van der Waals surface area contributed by atoms with Crippen molar-refractivity contribution in [3.63, 3.8) is 0 Å². The molecule has 0 bridgehead atoms. The summed E-state index contributed by atoms with van der Waals surface area (Å²) in [5.74, 6) is 0.428. The molecule has 0 amide bonds. The molecule has 0 unspecified atom stereocenters. The van der Waals surface area contributed by atoms with Crippen LogP contribution in [0, 0.1) is 12.3 Å². The first-order chi connectivity index (χ1) is 8.66. The van der Waals surface area contributed by atoms with Gasteiger partial charge in [0.15, 0.2) is 0 Å². The normalized spacial score (nSPS) is 18.6. The lowest BCUT2D eigenvalue weighted by Crippen LogP contribution is -2.42. The number of benzene rings is 1. The lowest BCUT2D eigenvalue weighted by molar-refractivity contribution is -0.129. The third-order valence-electron chi connectivity index (χ3n) is 4.28. The zero-order chi connectivity index (χ0) is 13.0. The summed E-state index contributed by atoms with van der Waals surface area (Å²) in [7, 11) is 0. The smallest absolute Gasteiger partial charge is 0.143 e. The van der Waals surface area contributed by atoms with Crippen LogP contribution >= 0.6 is 0 Å². The molecule has 98 valence electrons. The van der Waals surface area contributed by atoms with Gasteiger partial charge in [0.05, 0.1) is 0 Å². The van der Waals surface area contributed by atoms with E-state index in [-0.39, 0.29) is 5.41 Å². The van der Waals surface area contributed by atoms with Crippen molar-refractivity contribution in [2.45, 2.75) is 39.5 Å². The third kappa shape index (κ3) is 2.81. The topological polar surface area (TPSA) is 29.1 Å². The van der Waals surface area contributed by atoms with Crippen LogP contribution in [0.3, 0.4) is 0 Å². The van der Waals surface area contributed by atoms with Crippen molar-refractivity contribution < 1.29 is 4.79 Å². The Morgan fingerprint density at radius 3 is 2.67 bits per heavy atom. The number of ketones is 1. The van der Waals surface area contributed by atoms with Crippen molar-refractivity contribution in [2.24, 2.45) is 5.41 Å². The van der Waals surface area contributed by atoms with E-state index in [0.717, 1.165) is 37.9 Å². The van der Waals surface area contributed by atoms with E-state index >= 15 is 0 Å². The van der Waals surface area contributed by atoms with E-state index in [1.165, 1.54) is 5.56 Å². The van der Waals surface area contributed by atoms with E-state index < -0.39 is 0 Å². The Bertz CT molecular complexity index is 419. The number of hydrogen-bond acceptors (Lipinski definition) is 2. The molecule has 0 aliphatic carbocycles. The first-order valence-corrected chi connectivity index (χ1v) is 6.96. The summed E-state index contributed by atoms with van der Waals surface area (Å²) < 4.78 is 0. The van der Waals surface area contributed by atoms with Crippen molar-refractivity contribution in [1.82, 2.24) is 5.32 Å². The maximum absolute atomic E-state index is 12.6. The van der Waals surface area contributed by atoms with Crippen LogP contribution in [0.25, 0.3) is 0 Å². The molecule has 0 atom stereocenters. The number of hydrogen-bond donors (Lipinski definition) is 1. The molecule has 1 fully saturated rings. The Kier molecular flexibility index (Phi) is 4.18. The highest BCUT2D eigenvalue weighted by atomic mass is 16.1. The van der Waals surface area contributed by atoms with E-state index in [1.807, 2.05) is 6.07 Å². The maximum Gasteiger partial charge on any atom is 0.143 e. The highest BCUT2D eigenvalue weighted by molar-refractivity contribution is 5.87. The van der Waals surface area contributed by atoms with E-state index in [2.05, 4.69) is 37.4 Å². The Balaban J connectivity index is 2.10. The average molecular weight is 245 g/mol. The number of carbonyl (C=O) groups excluding carboxylic acids is 1. The fraction of sp³-hybridized carbons (Fsp3) is 0.562. The third-order valence-corrected chi connectivity index (χ3v) is 4.28. The minimum atomic E-state index is -0.0744. The summed E-state index contributed by atoms with van der Waals surface area (Å²) in [6.07, 6.45) is 3.55. The molecule has 1 aromatic carbocycles. The molecule has 2 rings (SSSR count). The number of carbonyl (C=O) groups is 1. The van der Waals surface area contributed by atoms with Gasteiger partial charge in [0, 0.05) is 11.8 Å². The van der Waals surface area contributed by atoms with Crippen LogP contribution in [0.1, 0.15) is 37.3 Å². The predicted octanol–water partition coefficient (Wildman–Crippen LogP) is 2.89. The van der Waals surface area contributed by atoms with E-state index in [9.17, 15) is 4.79 Å². The molecule has 1 aromatic rings. The molecule has 1 aliphatic rings. The van der Waals surface area contributed by atoms with Gasteiger partial charge in [-0.2, -0.15) is 0 Å². The number of Topliss-reactive ketones (excluding diaryl/α,β-unsaturated/α-hetero) is 1. The minimum absolute atomic E-state index is 0.0744. The molecular formula is C16H23NO. The van der Waals surface area contributed by atoms with E-state index in [4.69, 9.17) is 0 Å². The zero-order valence-electron chi connectivity index (χ0n) is 11.5. The lowest BCUT2D eigenvalue weighted by atomic mass is 9.71. The summed E-state index contributed by atoms with van der Waals surface area (Å²) >= 11 is 0. The molecule has 1 N–H and O–H groups in total. The van der Waals surface area contributed by atoms with Crippen molar-refractivity contribution >= 4 is 5.78 Å². The van der Waals surface area contributed by atoms with Gasteiger partial charge in [-0.1, -0.05) is 36.8 Å². The number of aryl methyl sites for hydroxylation is 1. The standard InChI is InChI=1S/C16H23NO/c1-3-16(7-9-17-10-8-16)15(18)12-14-6-4-5-13(2)11-14/h4-6,11,17H,3,7-10,12H2,1-2H3. The number of piperidine rings is 1. The largest absolute Gasteiger partial charge is 0.317 e. The number of nitrogens with one attached hydrogen (secondary N) is 1. The van der Waals surface area contributed by atoms with Gasteiger partial charge >= 0.3 is 0 Å². The van der Waals surface area contributed by atoms with Gasteiger partial charge in [0.1, 0.15) is 5.78 Å². The first kappa shape index (κ1) is 13.3. The average Bonchev–Trinajstić information content (AvgIpc) is 2.39. The second-order valence-corrected chi connectivity index (χ2v) is 5.47. The molecule has 18 heavy (non-hydrogen) atoms. The Morgan fingerprint density at radius 2 is 2.06 bits per heavy atom. The Morgan fingerprint density at radius 1 is 1.33 bits per heavy atom. The monoisotopic (exact) mass is 245 g/mol. The van der Waals surface area contributed by atoms with E-state index in [1.54, 1.807) is 0 Å². The van der Waals surface area contributed by atoms with Crippen LogP contribution < -0.4 is 5.32 Å². The molecule has 1 aliphatic heterocycles. The molecule has 1 saturated heterocycles. The molecule has 0 aromatic heterocycles. The lowest BCUT2D eigenvalue weighted by Gasteiger charge is -2.35. The highest BCUT2D eigenvalue weighted by Crippen LogP contribution is 2.34. The molecule has 0 saturated carbocycles. The van der Waals surface area contributed by atoms with Crippen molar-refractivity contribution in [1.29, 1.82) is 0 Å². The van der Waals surface area contributed by atoms with Crippen molar-refractivity contribution in [2.75, 3.05) is 13.1 Å². The van der Waals surface area contributed by atoms with Crippen LogP contribution in [0.2, 0.25) is 0 Å². The van der Waals surface area contributed by atoms with Gasteiger partial charge in [-0.15, -0.1) is 0 Å². The highest BCUT2D eigenvalue weighted by Gasteiger charge is 2.36. The molecule has 1 heterocycles. The van der Waals surface area contributed by atoms with Gasteiger partial charge in [0.25, 0.3) is 0 Å². The molecular weight excluding hydrogens is 222 g/mol. The fourth-order valence-electron chi connectivity index (χ4n) is 2.93. The molecule has 0 radical (unpaired) electrons. The second kappa shape index (κ2) is 5.66. The summed E-state index contributed by atoms with van der Waals surface area (Å²) in [6.45, 7) is 6.19. The van der Waals surface area contributed by atoms with Gasteiger partial charge in [-0.3, -0.25) is 4.79 Å². The van der Waals surface area contributed by atoms with Gasteiger partial charge < -0.3 is 5.32 Å². The van der Waals surface area contributed by atoms with Crippen LogP contribution in [0.5, 0.6) is 0 Å². The summed E-state index contributed by atoms with van der Waals surface area (Å²) in [5.41, 5.74) is 2.32. The van der Waals surface area contributed by atoms with Crippen molar-refractivity contribution in [3.05, 3.63) is 35.4 Å². The van der Waals surface area contributed by atoms with Crippen molar-refractivity contribution in [3.8, 4) is 0 Å². The van der Waals surface area contributed by atoms with Crippen LogP contribution in [0.15, 0.2) is 24.3 Å². The Labute approximate surface area is 110 Å². The second-order valence-electron chi connectivity index (χ2n) is 5.47. The van der Waals surface area contributed by atoms with Crippen LogP contribution in [-0.4, -0.2) is 18.9 Å². The Hall–Kier alpha value is -1.15. The SMILES string of the molecule is CCC1(C(=O)Cc2cccc(C)c2)CCNCC1. The van der Waals surface area contributed by atoms with Gasteiger partial charge in [0.2, 0.25) is 0 Å². The molecule has 0 spiro atoms. The summed E-state index contributed by atoms with van der Waals surface area (Å²) in [5, 5.41) is 3.35. The minimum Gasteiger partial charge on any atom is -0.317 e. The summed E-state index contributed by atoms with van der Waals surface area (Å²) in [6, 6.07) is 8.31. The number of rotatable bonds is 4. The maximum atomic E-state index is 12.6. The van der Waals surface area contributed by atoms with Crippen LogP contribution in [-0.2, 0) is 11.2 Å². The fourth-order valence-corrected chi connectivity index (χ4v) is 2.93.